The molecule has 1 heterocycles. The number of hydrogen-bond donors (Lipinski definition) is 3. The maximum atomic E-state index is 12.5. The third-order valence-electron chi connectivity index (χ3n) is 3.93. The van der Waals surface area contributed by atoms with Gasteiger partial charge in [-0.2, -0.15) is 0 Å². The minimum absolute atomic E-state index is 0.00136. The Morgan fingerprint density at radius 3 is 2.10 bits per heavy atom. The summed E-state index contributed by atoms with van der Waals surface area (Å²) in [5.41, 5.74) is 2.00. The molecule has 0 radical (unpaired) electrons. The van der Waals surface area contributed by atoms with Gasteiger partial charge in [-0.05, 0) is 56.3 Å². The zero-order valence-corrected chi connectivity index (χ0v) is 17.6. The van der Waals surface area contributed by atoms with E-state index in [0.29, 0.717) is 32.7 Å². The van der Waals surface area contributed by atoms with Crippen LogP contribution in [0, 0.1) is 13.8 Å². The number of amides is 2. The van der Waals surface area contributed by atoms with Gasteiger partial charge in [0.25, 0.3) is 10.0 Å². The second kappa shape index (κ2) is 8.32. The summed E-state index contributed by atoms with van der Waals surface area (Å²) in [6, 6.07) is 9.71. The van der Waals surface area contributed by atoms with Crippen LogP contribution in [0.1, 0.15) is 11.3 Å². The zero-order chi connectivity index (χ0) is 21.2. The van der Waals surface area contributed by atoms with Gasteiger partial charge in [-0.25, -0.2) is 17.9 Å². The number of carbonyl (C=O) groups excluding carboxylic acids is 1. The van der Waals surface area contributed by atoms with Crippen molar-refractivity contribution in [3.05, 3.63) is 63.8 Å². The van der Waals surface area contributed by atoms with E-state index in [1.54, 1.807) is 32.0 Å². The highest BCUT2D eigenvalue weighted by atomic mass is 35.5. The molecule has 0 aliphatic rings. The molecule has 29 heavy (non-hydrogen) atoms. The molecule has 0 saturated heterocycles. The van der Waals surface area contributed by atoms with E-state index in [2.05, 4.69) is 20.5 Å². The zero-order valence-electron chi connectivity index (χ0n) is 15.3. The molecule has 0 aliphatic carbocycles. The molecule has 3 rings (SSSR count). The van der Waals surface area contributed by atoms with Crippen molar-refractivity contribution in [1.82, 2.24) is 5.16 Å². The highest BCUT2D eigenvalue weighted by Crippen LogP contribution is 2.24. The van der Waals surface area contributed by atoms with E-state index in [9.17, 15) is 13.2 Å². The summed E-state index contributed by atoms with van der Waals surface area (Å²) in [5, 5.41) is 9.66. The lowest BCUT2D eigenvalue weighted by molar-refractivity contribution is 0.262. The molecule has 1 aromatic heterocycles. The molecule has 0 aliphatic heterocycles. The Morgan fingerprint density at radius 2 is 1.55 bits per heavy atom. The van der Waals surface area contributed by atoms with Gasteiger partial charge < -0.3 is 15.2 Å². The Hall–Kier alpha value is -2.75. The van der Waals surface area contributed by atoms with E-state index in [0.717, 1.165) is 0 Å². The Kier molecular flexibility index (Phi) is 6.02. The van der Waals surface area contributed by atoms with Crippen molar-refractivity contribution in [1.29, 1.82) is 0 Å². The topological polar surface area (TPSA) is 113 Å². The lowest BCUT2D eigenvalue weighted by atomic mass is 10.3. The van der Waals surface area contributed by atoms with Gasteiger partial charge >= 0.3 is 6.03 Å². The van der Waals surface area contributed by atoms with E-state index in [-0.39, 0.29) is 10.8 Å². The second-order valence-electron chi connectivity index (χ2n) is 6.09. The maximum absolute atomic E-state index is 12.5. The fourth-order valence-electron chi connectivity index (χ4n) is 2.33. The van der Waals surface area contributed by atoms with Crippen LogP contribution in [0.5, 0.6) is 0 Å². The Labute approximate surface area is 177 Å². The highest BCUT2D eigenvalue weighted by molar-refractivity contribution is 7.92. The first kappa shape index (κ1) is 21.0. The number of urea groups is 1. The number of benzene rings is 2. The summed E-state index contributed by atoms with van der Waals surface area (Å²) in [5.74, 6) is 0.0595. The molecule has 0 fully saturated rings. The molecular formula is C18H16Cl2N4O4S. The number of aromatic nitrogens is 1. The van der Waals surface area contributed by atoms with Gasteiger partial charge in [-0.1, -0.05) is 28.4 Å². The third kappa shape index (κ3) is 5.20. The van der Waals surface area contributed by atoms with Crippen molar-refractivity contribution in [2.24, 2.45) is 0 Å². The minimum Gasteiger partial charge on any atom is -0.337 e. The first-order valence-corrected chi connectivity index (χ1v) is 10.5. The predicted octanol–water partition coefficient (Wildman–Crippen LogP) is 5.04. The normalized spacial score (nSPS) is 11.2. The van der Waals surface area contributed by atoms with Crippen LogP contribution in [0.25, 0.3) is 0 Å². The van der Waals surface area contributed by atoms with Crippen LogP contribution in [0.3, 0.4) is 0 Å². The highest BCUT2D eigenvalue weighted by Gasteiger charge is 2.19. The molecule has 3 aromatic rings. The predicted molar refractivity (Wildman–Crippen MR) is 112 cm³/mol. The summed E-state index contributed by atoms with van der Waals surface area (Å²) in [7, 11) is -3.87. The van der Waals surface area contributed by atoms with Gasteiger partial charge in [0, 0.05) is 27.0 Å². The summed E-state index contributed by atoms with van der Waals surface area (Å²) in [6.07, 6.45) is 0. The number of rotatable bonds is 5. The third-order valence-corrected chi connectivity index (χ3v) is 5.71. The molecule has 0 spiro atoms. The number of carbonyl (C=O) groups is 1. The number of aryl methyl sites for hydroxylation is 1. The van der Waals surface area contributed by atoms with Gasteiger partial charge in [0.2, 0.25) is 5.88 Å². The molecular weight excluding hydrogens is 439 g/mol. The van der Waals surface area contributed by atoms with Gasteiger partial charge in [-0.3, -0.25) is 0 Å². The molecule has 8 nitrogen and oxygen atoms in total. The van der Waals surface area contributed by atoms with E-state index in [4.69, 9.17) is 27.7 Å². The SMILES string of the molecule is Cc1noc(NS(=O)(=O)c2ccc(NC(=O)Nc3cc(Cl)cc(Cl)c3)cc2)c1C. The number of nitrogens with zero attached hydrogens (tertiary/aromatic N) is 1. The smallest absolute Gasteiger partial charge is 0.323 e. The largest absolute Gasteiger partial charge is 0.337 e. The minimum atomic E-state index is -3.87. The average Bonchev–Trinajstić information content (AvgIpc) is 2.93. The maximum Gasteiger partial charge on any atom is 0.323 e. The second-order valence-corrected chi connectivity index (χ2v) is 8.64. The molecule has 11 heteroatoms. The Morgan fingerprint density at radius 1 is 0.966 bits per heavy atom. The van der Waals surface area contributed by atoms with Crippen LogP contribution in [0.4, 0.5) is 22.1 Å². The molecule has 3 N–H and O–H groups in total. The van der Waals surface area contributed by atoms with Crippen LogP contribution in [-0.2, 0) is 10.0 Å². The van der Waals surface area contributed by atoms with Gasteiger partial charge in [0.05, 0.1) is 10.6 Å². The van der Waals surface area contributed by atoms with Gasteiger partial charge in [0.1, 0.15) is 0 Å². The van der Waals surface area contributed by atoms with Crippen LogP contribution < -0.4 is 15.4 Å². The summed E-state index contributed by atoms with van der Waals surface area (Å²) >= 11 is 11.8. The fraction of sp³-hybridized carbons (Fsp3) is 0.111. The van der Waals surface area contributed by atoms with Crippen LogP contribution in [0.2, 0.25) is 10.0 Å². The summed E-state index contributed by atoms with van der Waals surface area (Å²) < 4.78 is 32.3. The van der Waals surface area contributed by atoms with Crippen molar-refractivity contribution in [3.63, 3.8) is 0 Å². The number of hydrogen-bond acceptors (Lipinski definition) is 5. The Bertz CT molecular complexity index is 1140. The Balaban J connectivity index is 1.67. The van der Waals surface area contributed by atoms with Crippen LogP contribution in [0.15, 0.2) is 51.9 Å². The van der Waals surface area contributed by atoms with Gasteiger partial charge in [0.15, 0.2) is 0 Å². The molecule has 152 valence electrons. The lowest BCUT2D eigenvalue weighted by Crippen LogP contribution is -2.19. The molecule has 0 bridgehead atoms. The van der Waals surface area contributed by atoms with Crippen LogP contribution in [-0.4, -0.2) is 19.6 Å². The number of anilines is 3. The lowest BCUT2D eigenvalue weighted by Gasteiger charge is -2.10. The first-order valence-electron chi connectivity index (χ1n) is 8.24. The average molecular weight is 455 g/mol. The number of nitrogens with one attached hydrogen (secondary N) is 3. The molecule has 0 unspecified atom stereocenters. The summed E-state index contributed by atoms with van der Waals surface area (Å²) in [6.45, 7) is 3.40. The van der Waals surface area contributed by atoms with E-state index >= 15 is 0 Å². The number of halogens is 2. The molecule has 0 atom stereocenters. The molecule has 2 amide bonds. The van der Waals surface area contributed by atoms with Crippen molar-refractivity contribution >= 4 is 56.5 Å². The van der Waals surface area contributed by atoms with Crippen molar-refractivity contribution in [2.45, 2.75) is 18.7 Å². The van der Waals surface area contributed by atoms with Crippen molar-refractivity contribution < 1.29 is 17.7 Å². The van der Waals surface area contributed by atoms with Crippen LogP contribution >= 0.6 is 23.2 Å². The quantitative estimate of drug-likeness (QED) is 0.499. The van der Waals surface area contributed by atoms with Gasteiger partial charge in [-0.15, -0.1) is 0 Å². The van der Waals surface area contributed by atoms with Crippen molar-refractivity contribution in [3.8, 4) is 0 Å². The first-order chi connectivity index (χ1) is 13.6. The van der Waals surface area contributed by atoms with E-state index in [1.807, 2.05) is 0 Å². The van der Waals surface area contributed by atoms with E-state index in [1.165, 1.54) is 24.3 Å². The van der Waals surface area contributed by atoms with E-state index < -0.39 is 16.1 Å². The molecule has 0 saturated carbocycles. The fourth-order valence-corrected chi connectivity index (χ4v) is 3.90. The number of sulfonamides is 1. The van der Waals surface area contributed by atoms with Crippen molar-refractivity contribution in [2.75, 3.05) is 15.4 Å². The summed E-state index contributed by atoms with van der Waals surface area (Å²) in [4.78, 5) is 12.1. The standard InChI is InChI=1S/C18H16Cl2N4O4S/c1-10-11(2)23-28-17(10)24-29(26,27)16-5-3-14(4-6-16)21-18(25)22-15-8-12(19)7-13(20)9-15/h3-9,24H,1-2H3,(H2,21,22,25). The monoisotopic (exact) mass is 454 g/mol. The molecule has 2 aromatic carbocycles.